The second kappa shape index (κ2) is 16.0. The van der Waals surface area contributed by atoms with E-state index in [1.54, 1.807) is 19.2 Å². The van der Waals surface area contributed by atoms with Crippen LogP contribution in [0, 0.1) is 3.57 Å². The van der Waals surface area contributed by atoms with Gasteiger partial charge < -0.3 is 14.8 Å². The van der Waals surface area contributed by atoms with Crippen molar-refractivity contribution in [1.82, 2.24) is 25.1 Å². The fourth-order valence-electron chi connectivity index (χ4n) is 7.18. The van der Waals surface area contributed by atoms with Crippen LogP contribution in [0.1, 0.15) is 71.1 Å². The van der Waals surface area contributed by atoms with Crippen molar-refractivity contribution < 1.29 is 14.3 Å². The average molecular weight is 772 g/mol. The summed E-state index contributed by atoms with van der Waals surface area (Å²) in [6, 6.07) is 21.9. The molecular formula is C40H46IN5O3. The highest BCUT2D eigenvalue weighted by Crippen LogP contribution is 2.31. The highest BCUT2D eigenvalue weighted by Gasteiger charge is 2.27. The van der Waals surface area contributed by atoms with Crippen LogP contribution >= 0.6 is 22.6 Å². The molecule has 2 saturated carbocycles. The highest BCUT2D eigenvalue weighted by atomic mass is 127. The Morgan fingerprint density at radius 2 is 1.16 bits per heavy atom. The zero-order valence-corrected chi connectivity index (χ0v) is 30.5. The van der Waals surface area contributed by atoms with Gasteiger partial charge in [-0.3, -0.25) is 14.6 Å². The second-order valence-electron chi connectivity index (χ2n) is 13.6. The van der Waals surface area contributed by atoms with Crippen LogP contribution in [0.3, 0.4) is 0 Å². The fraction of sp³-hybridized carbons (Fsp3) is 0.425. The molecule has 1 amide bonds. The number of hydrogen-bond acceptors (Lipinski definition) is 7. The maximum Gasteiger partial charge on any atom is 0.252 e. The third-order valence-electron chi connectivity index (χ3n) is 10.6. The number of hydrogen-bond donors (Lipinski definition) is 1. The Labute approximate surface area is 303 Å². The van der Waals surface area contributed by atoms with Gasteiger partial charge in [-0.1, -0.05) is 25.0 Å². The van der Waals surface area contributed by atoms with Crippen LogP contribution in [-0.4, -0.2) is 71.0 Å². The quantitative estimate of drug-likeness (QED) is 0.194. The SMILES string of the molecule is CNC(=O)c1ccc(Oc2ccc3c(c2)CCN(C2CCC2)CC3)nc1.Ic1ccc(Oc2ccc3c(c2)CCN(C2CCC2)CC3)nc1. The molecule has 4 aliphatic rings. The minimum atomic E-state index is -0.148. The Kier molecular flexibility index (Phi) is 11.1. The van der Waals surface area contributed by atoms with Crippen LogP contribution in [-0.2, 0) is 25.7 Å². The normalized spacial score (nSPS) is 18.2. The molecule has 2 aliphatic carbocycles. The lowest BCUT2D eigenvalue weighted by Crippen LogP contribution is -2.41. The van der Waals surface area contributed by atoms with E-state index >= 15 is 0 Å². The molecule has 2 fully saturated rings. The van der Waals surface area contributed by atoms with Gasteiger partial charge in [0.25, 0.3) is 5.91 Å². The van der Waals surface area contributed by atoms with Gasteiger partial charge >= 0.3 is 0 Å². The van der Waals surface area contributed by atoms with Crippen molar-refractivity contribution in [3.8, 4) is 23.3 Å². The molecule has 0 spiro atoms. The molecule has 4 aromatic rings. The summed E-state index contributed by atoms with van der Waals surface area (Å²) in [6.45, 7) is 4.69. The van der Waals surface area contributed by atoms with E-state index in [2.05, 4.69) is 78.0 Å². The lowest BCUT2D eigenvalue weighted by atomic mass is 9.91. The first kappa shape index (κ1) is 33.9. The summed E-state index contributed by atoms with van der Waals surface area (Å²) in [6.07, 6.45) is 16.2. The van der Waals surface area contributed by atoms with Crippen LogP contribution in [0.25, 0.3) is 0 Å². The first-order valence-corrected chi connectivity index (χ1v) is 19.0. The number of nitrogens with zero attached hydrogens (tertiary/aromatic N) is 4. The summed E-state index contributed by atoms with van der Waals surface area (Å²) >= 11 is 2.25. The molecule has 2 aliphatic heterocycles. The smallest absolute Gasteiger partial charge is 0.252 e. The van der Waals surface area contributed by atoms with Gasteiger partial charge in [0.05, 0.1) is 5.56 Å². The van der Waals surface area contributed by atoms with E-state index in [0.29, 0.717) is 17.3 Å². The van der Waals surface area contributed by atoms with E-state index in [0.717, 1.165) is 59.4 Å². The van der Waals surface area contributed by atoms with Crippen LogP contribution in [0.5, 0.6) is 23.3 Å². The summed E-state index contributed by atoms with van der Waals surface area (Å²) < 4.78 is 12.9. The predicted octanol–water partition coefficient (Wildman–Crippen LogP) is 7.62. The van der Waals surface area contributed by atoms with Gasteiger partial charge in [0, 0.05) is 73.4 Å². The zero-order chi connectivity index (χ0) is 33.6. The van der Waals surface area contributed by atoms with E-state index in [1.807, 2.05) is 24.4 Å². The van der Waals surface area contributed by atoms with Crippen LogP contribution < -0.4 is 14.8 Å². The molecular weight excluding hydrogens is 725 g/mol. The third kappa shape index (κ3) is 8.61. The zero-order valence-electron chi connectivity index (χ0n) is 28.4. The molecule has 0 atom stereocenters. The molecule has 256 valence electrons. The summed E-state index contributed by atoms with van der Waals surface area (Å²) in [4.78, 5) is 25.5. The number of amides is 1. The van der Waals surface area contributed by atoms with Crippen LogP contribution in [0.4, 0.5) is 0 Å². The lowest BCUT2D eigenvalue weighted by Gasteiger charge is -2.36. The number of ether oxygens (including phenoxy) is 2. The van der Waals surface area contributed by atoms with Gasteiger partial charge in [-0.15, -0.1) is 0 Å². The summed E-state index contributed by atoms with van der Waals surface area (Å²) in [5, 5.41) is 2.59. The first-order chi connectivity index (χ1) is 24.0. The Hall–Kier alpha value is -3.54. The fourth-order valence-corrected chi connectivity index (χ4v) is 7.50. The molecule has 0 unspecified atom stereocenters. The predicted molar refractivity (Wildman–Crippen MR) is 201 cm³/mol. The number of fused-ring (bicyclic) bond motifs is 2. The number of carbonyl (C=O) groups excluding carboxylic acids is 1. The van der Waals surface area contributed by atoms with Crippen molar-refractivity contribution in [3.63, 3.8) is 0 Å². The lowest BCUT2D eigenvalue weighted by molar-refractivity contribution is 0.0962. The van der Waals surface area contributed by atoms with Crippen molar-refractivity contribution in [2.45, 2.75) is 76.3 Å². The van der Waals surface area contributed by atoms with E-state index in [1.165, 1.54) is 86.6 Å². The number of pyridine rings is 2. The van der Waals surface area contributed by atoms with Gasteiger partial charge in [0.2, 0.25) is 11.8 Å². The van der Waals surface area contributed by atoms with Gasteiger partial charge in [0.1, 0.15) is 11.5 Å². The molecule has 0 saturated heterocycles. The Balaban J connectivity index is 0.000000155. The van der Waals surface area contributed by atoms with Crippen molar-refractivity contribution in [2.75, 3.05) is 33.2 Å². The Morgan fingerprint density at radius 1 is 0.673 bits per heavy atom. The molecule has 0 radical (unpaired) electrons. The minimum absolute atomic E-state index is 0.148. The molecule has 2 aromatic heterocycles. The van der Waals surface area contributed by atoms with Crippen molar-refractivity contribution >= 4 is 28.5 Å². The monoisotopic (exact) mass is 771 g/mol. The highest BCUT2D eigenvalue weighted by molar-refractivity contribution is 14.1. The van der Waals surface area contributed by atoms with Gasteiger partial charge in [-0.25, -0.2) is 9.97 Å². The van der Waals surface area contributed by atoms with E-state index in [-0.39, 0.29) is 5.91 Å². The van der Waals surface area contributed by atoms with Crippen LogP contribution in [0.2, 0.25) is 0 Å². The van der Waals surface area contributed by atoms with Crippen molar-refractivity contribution in [1.29, 1.82) is 0 Å². The minimum Gasteiger partial charge on any atom is -0.439 e. The Morgan fingerprint density at radius 3 is 1.57 bits per heavy atom. The first-order valence-electron chi connectivity index (χ1n) is 17.9. The number of aromatic nitrogens is 2. The van der Waals surface area contributed by atoms with E-state index in [4.69, 9.17) is 9.47 Å². The number of nitrogens with one attached hydrogen (secondary N) is 1. The summed E-state index contributed by atoms with van der Waals surface area (Å²) in [7, 11) is 1.61. The number of benzene rings is 2. The summed E-state index contributed by atoms with van der Waals surface area (Å²) in [5.74, 6) is 2.72. The number of carbonyl (C=O) groups is 1. The second-order valence-corrected chi connectivity index (χ2v) is 14.8. The summed E-state index contributed by atoms with van der Waals surface area (Å²) in [5.41, 5.74) is 6.26. The molecule has 49 heavy (non-hydrogen) atoms. The number of halogens is 1. The standard InChI is InChI=1S/C21H25N3O2.C19H21IN2O/c1-22-21(25)17-6-8-20(23-14-17)26-19-7-5-15-9-11-24(18-3-2-4-18)12-10-16(15)13-19;20-16-5-7-19(21-13-16)23-18-6-4-14-8-10-22(17-2-1-3-17)11-9-15(14)12-18/h5-8,13-14,18H,2-4,9-12H2,1H3,(H,22,25);4-7,12-13,17H,1-3,8-11H2. The van der Waals surface area contributed by atoms with Gasteiger partial charge in [-0.05, 0) is 133 Å². The van der Waals surface area contributed by atoms with Gasteiger partial charge in [0.15, 0.2) is 0 Å². The maximum atomic E-state index is 11.6. The molecule has 2 aromatic carbocycles. The molecule has 9 heteroatoms. The van der Waals surface area contributed by atoms with Crippen LogP contribution in [0.15, 0.2) is 73.1 Å². The third-order valence-corrected chi connectivity index (χ3v) is 11.2. The molecule has 0 bridgehead atoms. The Bertz CT molecular complexity index is 1720. The van der Waals surface area contributed by atoms with E-state index in [9.17, 15) is 4.79 Å². The van der Waals surface area contributed by atoms with Crippen molar-refractivity contribution in [3.05, 3.63) is 104 Å². The molecule has 8 nitrogen and oxygen atoms in total. The topological polar surface area (TPSA) is 79.8 Å². The average Bonchev–Trinajstić information content (AvgIpc) is 3.41. The largest absolute Gasteiger partial charge is 0.439 e. The molecule has 8 rings (SSSR count). The van der Waals surface area contributed by atoms with Gasteiger partial charge in [-0.2, -0.15) is 0 Å². The van der Waals surface area contributed by atoms with Crippen molar-refractivity contribution in [2.24, 2.45) is 0 Å². The van der Waals surface area contributed by atoms with E-state index < -0.39 is 0 Å². The maximum absolute atomic E-state index is 11.6. The number of rotatable bonds is 7. The molecule has 1 N–H and O–H groups in total. The molecule has 4 heterocycles.